The summed E-state index contributed by atoms with van der Waals surface area (Å²) in [5.74, 6) is -3.20. The molecule has 1 N–H and O–H groups in total. The van der Waals surface area contributed by atoms with Crippen molar-refractivity contribution in [1.29, 1.82) is 0 Å². The lowest BCUT2D eigenvalue weighted by Gasteiger charge is -2.31. The molecule has 11 heteroatoms. The summed E-state index contributed by atoms with van der Waals surface area (Å²) < 4.78 is 83.1. The molecule has 33 heavy (non-hydrogen) atoms. The molecule has 0 aromatic heterocycles. The van der Waals surface area contributed by atoms with Crippen molar-refractivity contribution in [3.63, 3.8) is 0 Å². The summed E-state index contributed by atoms with van der Waals surface area (Å²) in [7, 11) is 1.08. The van der Waals surface area contributed by atoms with Crippen LogP contribution < -0.4 is 10.1 Å². The first-order valence-electron chi connectivity index (χ1n) is 9.93. The third-order valence-corrected chi connectivity index (χ3v) is 5.43. The highest BCUT2D eigenvalue weighted by atomic mass is 19.4. The molecule has 0 spiro atoms. The molecule has 0 saturated carbocycles. The van der Waals surface area contributed by atoms with Crippen molar-refractivity contribution in [2.24, 2.45) is 0 Å². The van der Waals surface area contributed by atoms with Crippen LogP contribution >= 0.6 is 0 Å². The van der Waals surface area contributed by atoms with Gasteiger partial charge in [0, 0.05) is 24.3 Å². The topological polar surface area (TPSA) is 58.6 Å². The monoisotopic (exact) mass is 474 g/mol. The molecule has 1 aliphatic rings. The van der Waals surface area contributed by atoms with Gasteiger partial charge < -0.3 is 15.0 Å². The molecule has 2 aromatic carbocycles. The van der Waals surface area contributed by atoms with Crippen LogP contribution in [0.1, 0.15) is 39.5 Å². The Morgan fingerprint density at radius 1 is 1.09 bits per heavy atom. The molecule has 0 bridgehead atoms. The van der Waals surface area contributed by atoms with Crippen molar-refractivity contribution in [3.05, 3.63) is 58.1 Å². The minimum absolute atomic E-state index is 0.0910. The number of anilines is 1. The Bertz CT molecular complexity index is 1080. The van der Waals surface area contributed by atoms with E-state index in [2.05, 4.69) is 5.32 Å². The number of methoxy groups -OCH3 is 1. The Morgan fingerprint density at radius 3 is 2.36 bits per heavy atom. The third-order valence-electron chi connectivity index (χ3n) is 5.43. The second-order valence-corrected chi connectivity index (χ2v) is 7.42. The minimum Gasteiger partial charge on any atom is -0.496 e. The summed E-state index contributed by atoms with van der Waals surface area (Å²) >= 11 is 0. The second kappa shape index (κ2) is 8.95. The highest BCUT2D eigenvalue weighted by Gasteiger charge is 2.43. The zero-order valence-electron chi connectivity index (χ0n) is 17.7. The number of hydrogen-bond donors (Lipinski definition) is 1. The van der Waals surface area contributed by atoms with Gasteiger partial charge in [-0.05, 0) is 53.8 Å². The van der Waals surface area contributed by atoms with E-state index in [4.69, 9.17) is 4.74 Å². The number of carbonyl (C=O) groups is 2. The van der Waals surface area contributed by atoms with E-state index in [0.717, 1.165) is 18.7 Å². The quantitative estimate of drug-likeness (QED) is 0.637. The fourth-order valence-corrected chi connectivity index (χ4v) is 3.84. The standard InChI is InChI=1S/C22H20F6N2O3/c1-3-14-15-11-30(20(32)22(26,27)28)9-8-12(15)4-6-17(14)29-19(31)13-5-7-18(33-2)16(10-13)21(23,24)25/h4-7,10H,3,8-9,11H2,1-2H3,(H,29,31). The maximum atomic E-state index is 13.3. The van der Waals surface area contributed by atoms with Crippen LogP contribution in [0.4, 0.5) is 32.0 Å². The number of nitrogens with one attached hydrogen (secondary N) is 1. The smallest absolute Gasteiger partial charge is 0.471 e. The molecule has 5 nitrogen and oxygen atoms in total. The summed E-state index contributed by atoms with van der Waals surface area (Å²) in [6.07, 6.45) is -9.20. The lowest BCUT2D eigenvalue weighted by Crippen LogP contribution is -2.44. The highest BCUT2D eigenvalue weighted by Crippen LogP contribution is 2.37. The van der Waals surface area contributed by atoms with E-state index in [1.54, 1.807) is 19.1 Å². The van der Waals surface area contributed by atoms with Crippen LogP contribution in [0.25, 0.3) is 0 Å². The van der Waals surface area contributed by atoms with E-state index in [1.165, 1.54) is 6.07 Å². The minimum atomic E-state index is -5.00. The molecular formula is C22H20F6N2O3. The number of alkyl halides is 6. The molecule has 3 rings (SSSR count). The van der Waals surface area contributed by atoms with Crippen molar-refractivity contribution in [2.45, 2.75) is 38.7 Å². The molecule has 2 amide bonds. The summed E-state index contributed by atoms with van der Waals surface area (Å²) in [5, 5.41) is 2.55. The van der Waals surface area contributed by atoms with Gasteiger partial charge >= 0.3 is 18.3 Å². The van der Waals surface area contributed by atoms with E-state index in [9.17, 15) is 35.9 Å². The molecule has 0 fully saturated rings. The van der Waals surface area contributed by atoms with E-state index >= 15 is 0 Å². The number of halogens is 6. The van der Waals surface area contributed by atoms with Crippen molar-refractivity contribution in [3.8, 4) is 5.75 Å². The van der Waals surface area contributed by atoms with Crippen LogP contribution in [0.2, 0.25) is 0 Å². The van der Waals surface area contributed by atoms with Gasteiger partial charge in [-0.2, -0.15) is 26.3 Å². The lowest BCUT2D eigenvalue weighted by molar-refractivity contribution is -0.186. The first-order chi connectivity index (χ1) is 15.4. The first-order valence-corrected chi connectivity index (χ1v) is 9.93. The number of rotatable bonds is 4. The van der Waals surface area contributed by atoms with E-state index < -0.39 is 35.5 Å². The highest BCUT2D eigenvalue weighted by molar-refractivity contribution is 6.05. The number of fused-ring (bicyclic) bond motifs is 1. The van der Waals surface area contributed by atoms with Crippen LogP contribution in [0, 0.1) is 0 Å². The van der Waals surface area contributed by atoms with Gasteiger partial charge in [-0.1, -0.05) is 13.0 Å². The Labute approximate surface area is 185 Å². The summed E-state index contributed by atoms with van der Waals surface area (Å²) in [6, 6.07) is 6.07. The van der Waals surface area contributed by atoms with Crippen LogP contribution in [0.5, 0.6) is 5.75 Å². The molecular weight excluding hydrogens is 454 g/mol. The van der Waals surface area contributed by atoms with Gasteiger partial charge in [-0.15, -0.1) is 0 Å². The zero-order valence-corrected chi connectivity index (χ0v) is 17.7. The Hall–Kier alpha value is -3.24. The lowest BCUT2D eigenvalue weighted by atomic mass is 9.92. The van der Waals surface area contributed by atoms with Crippen molar-refractivity contribution in [2.75, 3.05) is 19.0 Å². The Balaban J connectivity index is 1.92. The number of nitrogens with zero attached hydrogens (tertiary/aromatic N) is 1. The number of carbonyl (C=O) groups excluding carboxylic acids is 2. The fourth-order valence-electron chi connectivity index (χ4n) is 3.84. The van der Waals surface area contributed by atoms with Crippen molar-refractivity contribution >= 4 is 17.5 Å². The number of benzene rings is 2. The van der Waals surface area contributed by atoms with Gasteiger partial charge in [0.15, 0.2) is 0 Å². The van der Waals surface area contributed by atoms with Crippen LogP contribution in [0.15, 0.2) is 30.3 Å². The molecule has 2 aromatic rings. The largest absolute Gasteiger partial charge is 0.496 e. The van der Waals surface area contributed by atoms with Crippen LogP contribution in [-0.2, 0) is 30.4 Å². The van der Waals surface area contributed by atoms with E-state index in [1.807, 2.05) is 0 Å². The van der Waals surface area contributed by atoms with Gasteiger partial charge in [0.25, 0.3) is 5.91 Å². The molecule has 1 aliphatic heterocycles. The van der Waals surface area contributed by atoms with Crippen LogP contribution in [0.3, 0.4) is 0 Å². The fraction of sp³-hybridized carbons (Fsp3) is 0.364. The molecule has 0 unspecified atom stereocenters. The maximum Gasteiger partial charge on any atom is 0.471 e. The number of amides is 2. The zero-order chi connectivity index (χ0) is 24.6. The van der Waals surface area contributed by atoms with Gasteiger partial charge in [0.1, 0.15) is 5.75 Å². The summed E-state index contributed by atoms with van der Waals surface area (Å²) in [6.45, 7) is 1.36. The number of hydrogen-bond acceptors (Lipinski definition) is 3. The van der Waals surface area contributed by atoms with E-state index in [0.29, 0.717) is 28.5 Å². The molecule has 178 valence electrons. The molecule has 0 radical (unpaired) electrons. The summed E-state index contributed by atoms with van der Waals surface area (Å²) in [5.41, 5.74) is 0.638. The summed E-state index contributed by atoms with van der Waals surface area (Å²) in [4.78, 5) is 25.1. The molecule has 0 aliphatic carbocycles. The van der Waals surface area contributed by atoms with Gasteiger partial charge in [-0.25, -0.2) is 0 Å². The first kappa shape index (κ1) is 24.4. The van der Waals surface area contributed by atoms with Gasteiger partial charge in [0.2, 0.25) is 0 Å². The second-order valence-electron chi connectivity index (χ2n) is 7.42. The Kier molecular flexibility index (Phi) is 6.62. The number of ether oxygens (including phenoxy) is 1. The van der Waals surface area contributed by atoms with Crippen LogP contribution in [-0.4, -0.2) is 36.5 Å². The predicted octanol–water partition coefficient (Wildman–Crippen LogP) is 4.98. The Morgan fingerprint density at radius 2 is 1.79 bits per heavy atom. The average molecular weight is 474 g/mol. The maximum absolute atomic E-state index is 13.3. The molecule has 0 atom stereocenters. The predicted molar refractivity (Wildman–Crippen MR) is 107 cm³/mol. The van der Waals surface area contributed by atoms with Gasteiger partial charge in [0.05, 0.1) is 12.7 Å². The van der Waals surface area contributed by atoms with Crippen molar-refractivity contribution in [1.82, 2.24) is 4.90 Å². The molecule has 1 heterocycles. The SMILES string of the molecule is CCc1c(NC(=O)c2ccc(OC)c(C(F)(F)F)c2)ccc2c1CN(C(=O)C(F)(F)F)CC2. The third kappa shape index (κ3) is 5.07. The van der Waals surface area contributed by atoms with Gasteiger partial charge in [-0.3, -0.25) is 9.59 Å². The average Bonchev–Trinajstić information content (AvgIpc) is 2.76. The van der Waals surface area contributed by atoms with E-state index in [-0.39, 0.29) is 30.8 Å². The molecule has 0 saturated heterocycles. The normalized spacial score (nSPS) is 14.0. The van der Waals surface area contributed by atoms with Crippen molar-refractivity contribution < 1.29 is 40.7 Å².